The summed E-state index contributed by atoms with van der Waals surface area (Å²) < 4.78 is 24.5. The van der Waals surface area contributed by atoms with Gasteiger partial charge in [-0.2, -0.15) is 4.31 Å². The van der Waals surface area contributed by atoms with Crippen LogP contribution in [-0.2, 0) is 10.0 Å². The lowest BCUT2D eigenvalue weighted by Gasteiger charge is -2.35. The van der Waals surface area contributed by atoms with Crippen molar-refractivity contribution in [1.29, 1.82) is 0 Å². The average molecular weight is 406 g/mol. The van der Waals surface area contributed by atoms with E-state index < -0.39 is 10.0 Å². The van der Waals surface area contributed by atoms with E-state index in [2.05, 4.69) is 0 Å². The first-order valence-corrected chi connectivity index (χ1v) is 10.8. The highest BCUT2D eigenvalue weighted by atomic mass is 35.5. The zero-order chi connectivity index (χ0) is 18.2. The van der Waals surface area contributed by atoms with Gasteiger partial charge in [-0.3, -0.25) is 0 Å². The molecule has 138 valence electrons. The number of sulfonamides is 1. The Kier molecular flexibility index (Phi) is 5.48. The molecule has 2 saturated heterocycles. The van der Waals surface area contributed by atoms with Gasteiger partial charge >= 0.3 is 6.03 Å². The molecule has 1 aromatic carbocycles. The van der Waals surface area contributed by atoms with Crippen molar-refractivity contribution in [2.45, 2.75) is 12.3 Å². The lowest BCUT2D eigenvalue weighted by molar-refractivity contribution is 0.142. The molecule has 2 aliphatic heterocycles. The Morgan fingerprint density at radius 1 is 1.04 bits per heavy atom. The van der Waals surface area contributed by atoms with Gasteiger partial charge in [0.05, 0.1) is 16.3 Å². The standard InChI is InChI=1S/C16H21Cl2N3O3S/c1-25(23,24)21-8-6-19(7-9-21)16(22)20-5-4-13(11-20)12-2-3-14(17)15(18)10-12/h2-3,10,13H,4-9,11H2,1H3/t13-/m0/s1. The zero-order valence-electron chi connectivity index (χ0n) is 14.0. The molecule has 0 N–H and O–H groups in total. The van der Waals surface area contributed by atoms with Crippen LogP contribution in [0.1, 0.15) is 17.9 Å². The minimum Gasteiger partial charge on any atom is -0.324 e. The van der Waals surface area contributed by atoms with Gasteiger partial charge in [-0.05, 0) is 24.1 Å². The second kappa shape index (κ2) is 7.31. The van der Waals surface area contributed by atoms with Gasteiger partial charge in [0.1, 0.15) is 0 Å². The van der Waals surface area contributed by atoms with E-state index in [1.54, 1.807) is 11.0 Å². The van der Waals surface area contributed by atoms with Crippen LogP contribution >= 0.6 is 23.2 Å². The molecule has 0 spiro atoms. The molecule has 25 heavy (non-hydrogen) atoms. The highest BCUT2D eigenvalue weighted by Crippen LogP contribution is 2.32. The van der Waals surface area contributed by atoms with Crippen LogP contribution in [0, 0.1) is 0 Å². The summed E-state index contributed by atoms with van der Waals surface area (Å²) >= 11 is 12.1. The first-order chi connectivity index (χ1) is 11.8. The van der Waals surface area contributed by atoms with Crippen molar-refractivity contribution in [2.75, 3.05) is 45.5 Å². The monoisotopic (exact) mass is 405 g/mol. The van der Waals surface area contributed by atoms with E-state index in [0.29, 0.717) is 49.3 Å². The van der Waals surface area contributed by atoms with Crippen molar-refractivity contribution < 1.29 is 13.2 Å². The number of halogens is 2. The maximum atomic E-state index is 12.7. The van der Waals surface area contributed by atoms with Crippen LogP contribution in [0.25, 0.3) is 0 Å². The first-order valence-electron chi connectivity index (χ1n) is 8.19. The summed E-state index contributed by atoms with van der Waals surface area (Å²) in [5.74, 6) is 0.246. The van der Waals surface area contributed by atoms with Crippen LogP contribution in [0.15, 0.2) is 18.2 Å². The zero-order valence-corrected chi connectivity index (χ0v) is 16.3. The summed E-state index contributed by atoms with van der Waals surface area (Å²) in [4.78, 5) is 16.3. The number of benzene rings is 1. The van der Waals surface area contributed by atoms with E-state index in [4.69, 9.17) is 23.2 Å². The Morgan fingerprint density at radius 3 is 2.32 bits per heavy atom. The minimum atomic E-state index is -3.19. The summed E-state index contributed by atoms with van der Waals surface area (Å²) in [7, 11) is -3.19. The van der Waals surface area contributed by atoms with Gasteiger partial charge in [0.25, 0.3) is 0 Å². The van der Waals surface area contributed by atoms with Crippen LogP contribution in [0.2, 0.25) is 10.0 Å². The van der Waals surface area contributed by atoms with E-state index in [1.165, 1.54) is 10.6 Å². The van der Waals surface area contributed by atoms with Crippen molar-refractivity contribution in [2.24, 2.45) is 0 Å². The van der Waals surface area contributed by atoms with Crippen LogP contribution in [0.5, 0.6) is 0 Å². The third-order valence-electron chi connectivity index (χ3n) is 4.85. The number of hydrogen-bond donors (Lipinski definition) is 0. The molecule has 2 fully saturated rings. The molecule has 0 bridgehead atoms. The van der Waals surface area contributed by atoms with Gasteiger partial charge in [0, 0.05) is 45.2 Å². The maximum Gasteiger partial charge on any atom is 0.320 e. The van der Waals surface area contributed by atoms with Gasteiger partial charge in [-0.25, -0.2) is 13.2 Å². The van der Waals surface area contributed by atoms with E-state index >= 15 is 0 Å². The van der Waals surface area contributed by atoms with E-state index in [1.807, 2.05) is 17.0 Å². The molecular formula is C16H21Cl2N3O3S. The second-order valence-electron chi connectivity index (χ2n) is 6.54. The van der Waals surface area contributed by atoms with Gasteiger partial charge in [0.2, 0.25) is 10.0 Å². The minimum absolute atomic E-state index is 0.0179. The highest BCUT2D eigenvalue weighted by Gasteiger charge is 2.33. The fourth-order valence-corrected chi connectivity index (χ4v) is 4.52. The Balaban J connectivity index is 1.59. The Morgan fingerprint density at radius 2 is 1.72 bits per heavy atom. The number of amides is 2. The molecule has 0 radical (unpaired) electrons. The van der Waals surface area contributed by atoms with Crippen molar-refractivity contribution in [3.8, 4) is 0 Å². The molecule has 6 nitrogen and oxygen atoms in total. The highest BCUT2D eigenvalue weighted by molar-refractivity contribution is 7.88. The van der Waals surface area contributed by atoms with E-state index in [9.17, 15) is 13.2 Å². The van der Waals surface area contributed by atoms with E-state index in [0.717, 1.165) is 12.0 Å². The topological polar surface area (TPSA) is 60.9 Å². The summed E-state index contributed by atoms with van der Waals surface area (Å²) in [6.45, 7) is 2.90. The largest absolute Gasteiger partial charge is 0.324 e. The maximum absolute atomic E-state index is 12.7. The molecule has 2 amide bonds. The van der Waals surface area contributed by atoms with Crippen molar-refractivity contribution in [3.05, 3.63) is 33.8 Å². The second-order valence-corrected chi connectivity index (χ2v) is 9.33. The summed E-state index contributed by atoms with van der Waals surface area (Å²) in [6, 6.07) is 5.59. The molecule has 0 aliphatic carbocycles. The normalized spacial score (nSPS) is 22.4. The molecule has 9 heteroatoms. The number of nitrogens with zero attached hydrogens (tertiary/aromatic N) is 3. The quantitative estimate of drug-likeness (QED) is 0.758. The number of hydrogen-bond acceptors (Lipinski definition) is 3. The molecule has 0 unspecified atom stereocenters. The predicted octanol–water partition coefficient (Wildman–Crippen LogP) is 2.48. The van der Waals surface area contributed by atoms with Crippen LogP contribution in [0.4, 0.5) is 4.79 Å². The smallest absolute Gasteiger partial charge is 0.320 e. The summed E-state index contributed by atoms with van der Waals surface area (Å²) in [5.41, 5.74) is 1.09. The van der Waals surface area contributed by atoms with Crippen molar-refractivity contribution in [3.63, 3.8) is 0 Å². The fourth-order valence-electron chi connectivity index (χ4n) is 3.38. The number of rotatable bonds is 2. The molecule has 3 rings (SSSR count). The SMILES string of the molecule is CS(=O)(=O)N1CCN(C(=O)N2CC[C@H](c3ccc(Cl)c(Cl)c3)C2)CC1. The number of carbonyl (C=O) groups is 1. The Bertz CT molecular complexity index is 764. The molecule has 1 atom stereocenters. The van der Waals surface area contributed by atoms with Gasteiger partial charge in [-0.15, -0.1) is 0 Å². The number of likely N-dealkylation sites (tertiary alicyclic amines) is 1. The predicted molar refractivity (Wildman–Crippen MR) is 98.8 cm³/mol. The van der Waals surface area contributed by atoms with E-state index in [-0.39, 0.29) is 11.9 Å². The molecule has 1 aromatic rings. The summed E-state index contributed by atoms with van der Waals surface area (Å²) in [6.07, 6.45) is 2.08. The molecule has 0 aromatic heterocycles. The van der Waals surface area contributed by atoms with Crippen LogP contribution in [0.3, 0.4) is 0 Å². The average Bonchev–Trinajstić information content (AvgIpc) is 3.06. The molecule has 0 saturated carbocycles. The first kappa shape index (κ1) is 18.8. The van der Waals surface area contributed by atoms with Gasteiger partial charge < -0.3 is 9.80 Å². The third-order valence-corrected chi connectivity index (χ3v) is 6.89. The number of piperazine rings is 1. The van der Waals surface area contributed by atoms with Crippen LogP contribution < -0.4 is 0 Å². The van der Waals surface area contributed by atoms with Gasteiger partial charge in [-0.1, -0.05) is 29.3 Å². The third kappa shape index (κ3) is 4.22. The number of urea groups is 1. The fraction of sp³-hybridized carbons (Fsp3) is 0.562. The van der Waals surface area contributed by atoms with Crippen LogP contribution in [-0.4, -0.2) is 74.1 Å². The lowest BCUT2D eigenvalue weighted by atomic mass is 9.99. The molecule has 2 aliphatic rings. The summed E-state index contributed by atoms with van der Waals surface area (Å²) in [5, 5.41) is 1.06. The van der Waals surface area contributed by atoms with Gasteiger partial charge in [0.15, 0.2) is 0 Å². The molecular weight excluding hydrogens is 385 g/mol. The Labute approximate surface area is 158 Å². The lowest BCUT2D eigenvalue weighted by Crippen LogP contribution is -2.53. The Hall–Kier alpha value is -1.02. The molecule has 2 heterocycles. The van der Waals surface area contributed by atoms with Crippen molar-refractivity contribution >= 4 is 39.3 Å². The van der Waals surface area contributed by atoms with Crippen molar-refractivity contribution in [1.82, 2.24) is 14.1 Å². The number of carbonyl (C=O) groups excluding carboxylic acids is 1.